The number of hydrogen-bond donors (Lipinski definition) is 3. The van der Waals surface area contributed by atoms with Gasteiger partial charge in [0.1, 0.15) is 5.92 Å². The molecule has 1 aliphatic heterocycles. The zero-order valence-electron chi connectivity index (χ0n) is 10.1. The minimum absolute atomic E-state index is 0.151. The molecule has 0 bridgehead atoms. The molecular weight excluding hydrogens is 251 g/mol. The van der Waals surface area contributed by atoms with E-state index >= 15 is 0 Å². The first-order valence-electron chi connectivity index (χ1n) is 5.64. The third-order valence-corrected chi connectivity index (χ3v) is 3.06. The molecular formula is C10H18F3N3O2. The summed E-state index contributed by atoms with van der Waals surface area (Å²) in [5.74, 6) is -2.87. The lowest BCUT2D eigenvalue weighted by molar-refractivity contribution is -0.163. The van der Waals surface area contributed by atoms with Gasteiger partial charge < -0.3 is 16.0 Å². The van der Waals surface area contributed by atoms with E-state index in [1.54, 1.807) is 6.92 Å². The number of likely N-dealkylation sites (tertiary alicyclic amines) is 1. The molecule has 1 rings (SSSR count). The highest BCUT2D eigenvalue weighted by Gasteiger charge is 2.44. The summed E-state index contributed by atoms with van der Waals surface area (Å²) in [7, 11) is 0. The molecule has 0 saturated carbocycles. The zero-order valence-corrected chi connectivity index (χ0v) is 10.1. The molecule has 0 aromatic rings. The third-order valence-electron chi connectivity index (χ3n) is 3.06. The number of aliphatic hydroxyl groups is 1. The van der Waals surface area contributed by atoms with E-state index in [4.69, 9.17) is 10.9 Å². The Morgan fingerprint density at radius 2 is 2.17 bits per heavy atom. The second-order valence-corrected chi connectivity index (χ2v) is 4.95. The van der Waals surface area contributed by atoms with Crippen molar-refractivity contribution in [3.8, 4) is 0 Å². The van der Waals surface area contributed by atoms with Crippen molar-refractivity contribution in [1.82, 2.24) is 4.90 Å². The Morgan fingerprint density at radius 3 is 2.61 bits per heavy atom. The fraction of sp³-hybridized carbons (Fsp3) is 0.900. The summed E-state index contributed by atoms with van der Waals surface area (Å²) in [5, 5.41) is 20.7. The molecule has 0 aromatic heterocycles. The van der Waals surface area contributed by atoms with E-state index in [-0.39, 0.29) is 6.54 Å². The molecule has 106 valence electrons. The molecule has 0 aromatic carbocycles. The molecule has 0 radical (unpaired) electrons. The van der Waals surface area contributed by atoms with E-state index in [1.165, 1.54) is 4.90 Å². The fourth-order valence-electron chi connectivity index (χ4n) is 2.17. The summed E-state index contributed by atoms with van der Waals surface area (Å²) < 4.78 is 38.2. The summed E-state index contributed by atoms with van der Waals surface area (Å²) in [5.41, 5.74) is 4.09. The van der Waals surface area contributed by atoms with Crippen LogP contribution >= 0.6 is 0 Å². The van der Waals surface area contributed by atoms with Crippen molar-refractivity contribution >= 4 is 5.84 Å². The van der Waals surface area contributed by atoms with Crippen molar-refractivity contribution < 1.29 is 23.5 Å². The summed E-state index contributed by atoms with van der Waals surface area (Å²) in [6, 6.07) is 0. The molecule has 18 heavy (non-hydrogen) atoms. The molecule has 0 amide bonds. The second kappa shape index (κ2) is 5.31. The number of hydrogen-bond acceptors (Lipinski definition) is 4. The van der Waals surface area contributed by atoms with Gasteiger partial charge >= 0.3 is 6.18 Å². The molecule has 0 aliphatic carbocycles. The largest absolute Gasteiger partial charge is 0.409 e. The van der Waals surface area contributed by atoms with Crippen molar-refractivity contribution in [2.75, 3.05) is 19.6 Å². The number of nitrogens with two attached hydrogens (primary N) is 1. The van der Waals surface area contributed by atoms with Crippen LogP contribution in [0.25, 0.3) is 0 Å². The van der Waals surface area contributed by atoms with Gasteiger partial charge in [-0.3, -0.25) is 4.90 Å². The van der Waals surface area contributed by atoms with Gasteiger partial charge in [-0.1, -0.05) is 5.16 Å². The van der Waals surface area contributed by atoms with Gasteiger partial charge in [0.15, 0.2) is 5.84 Å². The van der Waals surface area contributed by atoms with Gasteiger partial charge in [0.25, 0.3) is 0 Å². The van der Waals surface area contributed by atoms with Gasteiger partial charge in [-0.25, -0.2) is 0 Å². The van der Waals surface area contributed by atoms with Crippen LogP contribution in [-0.4, -0.2) is 52.5 Å². The monoisotopic (exact) mass is 269 g/mol. The molecule has 1 aliphatic rings. The predicted molar refractivity (Wildman–Crippen MR) is 59.3 cm³/mol. The summed E-state index contributed by atoms with van der Waals surface area (Å²) >= 11 is 0. The van der Waals surface area contributed by atoms with Crippen molar-refractivity contribution in [3.63, 3.8) is 0 Å². The Bertz CT molecular complexity index is 318. The molecule has 2 unspecified atom stereocenters. The Kier molecular flexibility index (Phi) is 4.44. The van der Waals surface area contributed by atoms with Crippen molar-refractivity contribution in [2.24, 2.45) is 16.8 Å². The highest BCUT2D eigenvalue weighted by molar-refractivity contribution is 5.83. The summed E-state index contributed by atoms with van der Waals surface area (Å²) in [4.78, 5) is 1.49. The van der Waals surface area contributed by atoms with Crippen LogP contribution < -0.4 is 5.73 Å². The van der Waals surface area contributed by atoms with Gasteiger partial charge in [-0.05, 0) is 26.3 Å². The lowest BCUT2D eigenvalue weighted by Crippen LogP contribution is -2.51. The first-order valence-corrected chi connectivity index (χ1v) is 5.64. The smallest absolute Gasteiger partial charge is 0.400 e. The minimum atomic E-state index is -4.57. The van der Waals surface area contributed by atoms with Gasteiger partial charge in [-0.2, -0.15) is 13.2 Å². The van der Waals surface area contributed by atoms with E-state index < -0.39 is 30.1 Å². The van der Waals surface area contributed by atoms with Gasteiger partial charge in [0, 0.05) is 13.1 Å². The zero-order chi connectivity index (χ0) is 14.0. The van der Waals surface area contributed by atoms with Crippen LogP contribution in [0, 0.1) is 5.92 Å². The average molecular weight is 269 g/mol. The second-order valence-electron chi connectivity index (χ2n) is 4.95. The quantitative estimate of drug-likeness (QED) is 0.306. The number of halogens is 3. The molecule has 8 heteroatoms. The van der Waals surface area contributed by atoms with Crippen LogP contribution in [0.5, 0.6) is 0 Å². The molecule has 1 fully saturated rings. The topological polar surface area (TPSA) is 82.1 Å². The number of oxime groups is 1. The highest BCUT2D eigenvalue weighted by Crippen LogP contribution is 2.29. The maximum absolute atomic E-state index is 12.7. The lowest BCUT2D eigenvalue weighted by Gasteiger charge is -2.38. The highest BCUT2D eigenvalue weighted by atomic mass is 19.4. The van der Waals surface area contributed by atoms with E-state index in [0.717, 1.165) is 0 Å². The minimum Gasteiger partial charge on any atom is -0.409 e. The Morgan fingerprint density at radius 1 is 1.56 bits per heavy atom. The third kappa shape index (κ3) is 4.02. The number of rotatable bonds is 3. The predicted octanol–water partition coefficient (Wildman–Crippen LogP) is 0.758. The van der Waals surface area contributed by atoms with Crippen LogP contribution in [-0.2, 0) is 0 Å². The fourth-order valence-corrected chi connectivity index (χ4v) is 2.17. The van der Waals surface area contributed by atoms with Crippen LogP contribution in [0.2, 0.25) is 0 Å². The molecule has 1 heterocycles. The van der Waals surface area contributed by atoms with Crippen LogP contribution in [0.4, 0.5) is 13.2 Å². The summed E-state index contributed by atoms with van der Waals surface area (Å²) in [6.07, 6.45) is -3.39. The van der Waals surface area contributed by atoms with E-state index in [9.17, 15) is 18.3 Å². The number of amidine groups is 1. The lowest BCUT2D eigenvalue weighted by atomic mass is 9.94. The van der Waals surface area contributed by atoms with Crippen molar-refractivity contribution in [2.45, 2.75) is 31.5 Å². The normalized spacial score (nSPS) is 29.3. The maximum atomic E-state index is 12.7. The van der Waals surface area contributed by atoms with Gasteiger partial charge in [-0.15, -0.1) is 0 Å². The molecule has 2 atom stereocenters. The van der Waals surface area contributed by atoms with Crippen molar-refractivity contribution in [3.05, 3.63) is 0 Å². The van der Waals surface area contributed by atoms with Gasteiger partial charge in [0.05, 0.1) is 5.60 Å². The average Bonchev–Trinajstić information content (AvgIpc) is 2.22. The Balaban J connectivity index is 2.73. The molecule has 5 nitrogen and oxygen atoms in total. The van der Waals surface area contributed by atoms with E-state index in [0.29, 0.717) is 19.4 Å². The number of nitrogens with zero attached hydrogens (tertiary/aromatic N) is 2. The molecule has 0 spiro atoms. The SMILES string of the molecule is CC1(O)CCCN(CC(C(N)=NO)C(F)(F)F)C1. The maximum Gasteiger partial charge on any atom is 0.400 e. The van der Waals surface area contributed by atoms with E-state index in [1.807, 2.05) is 0 Å². The van der Waals surface area contributed by atoms with Crippen LogP contribution in [0.3, 0.4) is 0 Å². The number of piperidine rings is 1. The van der Waals surface area contributed by atoms with E-state index in [2.05, 4.69) is 5.16 Å². The van der Waals surface area contributed by atoms with Crippen molar-refractivity contribution in [1.29, 1.82) is 0 Å². The Hall–Kier alpha value is -1.02. The van der Waals surface area contributed by atoms with Crippen LogP contribution in [0.15, 0.2) is 5.16 Å². The van der Waals surface area contributed by atoms with Crippen LogP contribution in [0.1, 0.15) is 19.8 Å². The Labute approximate surface area is 103 Å². The standard InChI is InChI=1S/C10H18F3N3O2/c1-9(17)3-2-4-16(6-9)5-7(8(14)15-18)10(11,12)13/h7,17-18H,2-6H2,1H3,(H2,14,15). The first kappa shape index (κ1) is 15.0. The number of alkyl halides is 3. The number of β-amino-alcohol motifs (C(OH)–C–C–N with tert-alkyl or cyclic N) is 1. The van der Waals surface area contributed by atoms with Gasteiger partial charge in [0.2, 0.25) is 0 Å². The summed E-state index contributed by atoms with van der Waals surface area (Å²) in [6.45, 7) is 1.79. The first-order chi connectivity index (χ1) is 8.15. The molecule has 1 saturated heterocycles. The molecule has 4 N–H and O–H groups in total.